The Hall–Kier alpha value is -0.820. The van der Waals surface area contributed by atoms with E-state index in [2.05, 4.69) is 20.9 Å². The lowest BCUT2D eigenvalue weighted by molar-refractivity contribution is -0.672. The van der Waals surface area contributed by atoms with Gasteiger partial charge in [0.2, 0.25) is 12.2 Å². The minimum absolute atomic E-state index is 0. The molecule has 0 aliphatic carbocycles. The van der Waals surface area contributed by atoms with Gasteiger partial charge in [-0.3, -0.25) is 4.79 Å². The van der Waals surface area contributed by atoms with E-state index in [4.69, 9.17) is 0 Å². The molecule has 3 nitrogen and oxygen atoms in total. The van der Waals surface area contributed by atoms with E-state index < -0.39 is 0 Å². The minimum atomic E-state index is 0. The number of hydrogen-bond acceptors (Lipinski definition) is 2. The molecule has 2 aromatic heterocycles. The lowest BCUT2D eigenvalue weighted by Crippen LogP contribution is -3.00. The first-order chi connectivity index (χ1) is 7.81. The van der Waals surface area contributed by atoms with Crippen LogP contribution in [0.15, 0.2) is 47.2 Å². The van der Waals surface area contributed by atoms with Gasteiger partial charge in [0.15, 0.2) is 12.5 Å². The first-order valence-electron chi connectivity index (χ1n) is 4.86. The number of rotatable bonds is 3. The van der Waals surface area contributed by atoms with Crippen LogP contribution in [0, 0.1) is 0 Å². The first kappa shape index (κ1) is 14.2. The molecule has 5 heteroatoms. The van der Waals surface area contributed by atoms with Crippen molar-refractivity contribution in [3.8, 4) is 11.4 Å². The summed E-state index contributed by atoms with van der Waals surface area (Å²) in [4.78, 5) is 14.9. The number of carbonyl (C=O) groups excluding carboxylic acids is 1. The molecule has 0 saturated heterocycles. The molecule has 0 radical (unpaired) electrons. The highest BCUT2D eigenvalue weighted by molar-refractivity contribution is 9.10. The van der Waals surface area contributed by atoms with Crippen LogP contribution in [-0.4, -0.2) is 11.3 Å². The molecule has 0 aliphatic rings. The summed E-state index contributed by atoms with van der Waals surface area (Å²) in [5.41, 5.74) is 1.77. The Labute approximate surface area is 125 Å². The first-order valence-corrected chi connectivity index (χ1v) is 5.65. The molecule has 0 N–H and O–H groups in total. The second-order valence-electron chi connectivity index (χ2n) is 3.25. The van der Waals surface area contributed by atoms with Crippen molar-refractivity contribution < 1.29 is 33.3 Å². The van der Waals surface area contributed by atoms with E-state index >= 15 is 0 Å². The number of nitrogens with zero attached hydrogens (tertiary/aromatic N) is 2. The van der Waals surface area contributed by atoms with E-state index in [9.17, 15) is 4.79 Å². The van der Waals surface area contributed by atoms with Crippen molar-refractivity contribution in [2.24, 2.45) is 0 Å². The van der Waals surface area contributed by atoms with Gasteiger partial charge in [0, 0.05) is 12.1 Å². The van der Waals surface area contributed by atoms with Crippen molar-refractivity contribution in [1.29, 1.82) is 0 Å². The van der Waals surface area contributed by atoms with Crippen molar-refractivity contribution in [2.75, 3.05) is 0 Å². The molecule has 0 saturated carbocycles. The maximum atomic E-state index is 10.6. The van der Waals surface area contributed by atoms with Gasteiger partial charge in [0.1, 0.15) is 10.3 Å². The third kappa shape index (κ3) is 3.57. The third-order valence-corrected chi connectivity index (χ3v) is 2.63. The van der Waals surface area contributed by atoms with E-state index in [1.807, 2.05) is 47.2 Å². The van der Waals surface area contributed by atoms with Crippen LogP contribution in [0.5, 0.6) is 0 Å². The van der Waals surface area contributed by atoms with E-state index in [0.29, 0.717) is 6.54 Å². The standard InChI is InChI=1S/C12H10BrN2O.HI/c13-12-6-3-4-10(14-12)11-5-1-2-7-15(11)8-9-16;/h1-7,9H,8H2;1H/q+1;/p-1. The number of carbonyl (C=O) groups is 1. The van der Waals surface area contributed by atoms with E-state index in [-0.39, 0.29) is 24.0 Å². The SMILES string of the molecule is O=CC[n+]1ccccc1-c1cccc(Br)n1.[I-]. The van der Waals surface area contributed by atoms with Gasteiger partial charge in [-0.15, -0.1) is 0 Å². The van der Waals surface area contributed by atoms with Crippen LogP contribution >= 0.6 is 15.9 Å². The fraction of sp³-hybridized carbons (Fsp3) is 0.0833. The Morgan fingerprint density at radius 3 is 2.76 bits per heavy atom. The largest absolute Gasteiger partial charge is 1.00 e. The molecular weight excluding hydrogens is 395 g/mol. The number of aldehydes is 1. The third-order valence-electron chi connectivity index (χ3n) is 2.19. The Morgan fingerprint density at radius 1 is 1.24 bits per heavy atom. The summed E-state index contributed by atoms with van der Waals surface area (Å²) in [5.74, 6) is 0. The fourth-order valence-corrected chi connectivity index (χ4v) is 1.84. The molecule has 0 fully saturated rings. The van der Waals surface area contributed by atoms with Crippen LogP contribution in [0.3, 0.4) is 0 Å². The summed E-state index contributed by atoms with van der Waals surface area (Å²) < 4.78 is 2.65. The zero-order chi connectivity index (χ0) is 11.4. The topological polar surface area (TPSA) is 33.8 Å². The highest BCUT2D eigenvalue weighted by Crippen LogP contribution is 2.15. The van der Waals surface area contributed by atoms with Crippen LogP contribution < -0.4 is 28.5 Å². The van der Waals surface area contributed by atoms with Gasteiger partial charge in [-0.1, -0.05) is 6.07 Å². The van der Waals surface area contributed by atoms with Gasteiger partial charge in [-0.2, -0.15) is 4.57 Å². The molecular formula is C12H10BrIN2O. The zero-order valence-electron chi connectivity index (χ0n) is 8.88. The fourth-order valence-electron chi connectivity index (χ4n) is 1.50. The Bertz CT molecular complexity index is 519. The molecule has 2 aromatic rings. The van der Waals surface area contributed by atoms with Gasteiger partial charge in [0.05, 0.1) is 0 Å². The summed E-state index contributed by atoms with van der Waals surface area (Å²) in [7, 11) is 0. The van der Waals surface area contributed by atoms with Gasteiger partial charge in [-0.05, 0) is 34.1 Å². The average molecular weight is 405 g/mol. The van der Waals surface area contributed by atoms with Crippen molar-refractivity contribution in [2.45, 2.75) is 6.54 Å². The molecule has 0 aliphatic heterocycles. The van der Waals surface area contributed by atoms with Crippen molar-refractivity contribution >= 4 is 22.2 Å². The Balaban J connectivity index is 0.00000144. The number of aromatic nitrogens is 2. The minimum Gasteiger partial charge on any atom is -1.00 e. The molecule has 0 aromatic carbocycles. The molecule has 17 heavy (non-hydrogen) atoms. The van der Waals surface area contributed by atoms with Crippen molar-refractivity contribution in [1.82, 2.24) is 4.98 Å². The second kappa shape index (κ2) is 6.80. The van der Waals surface area contributed by atoms with Gasteiger partial charge >= 0.3 is 0 Å². The second-order valence-corrected chi connectivity index (χ2v) is 4.06. The van der Waals surface area contributed by atoms with Gasteiger partial charge in [-0.25, -0.2) is 4.98 Å². The summed E-state index contributed by atoms with van der Waals surface area (Å²) in [5, 5.41) is 0. The average Bonchev–Trinajstić information content (AvgIpc) is 2.30. The Morgan fingerprint density at radius 2 is 2.06 bits per heavy atom. The highest BCUT2D eigenvalue weighted by Gasteiger charge is 2.12. The Kier molecular flexibility index (Phi) is 5.70. The molecule has 0 bridgehead atoms. The summed E-state index contributed by atoms with van der Waals surface area (Å²) in [6, 6.07) is 11.5. The number of hydrogen-bond donors (Lipinski definition) is 0. The van der Waals surface area contributed by atoms with Crippen LogP contribution in [0.2, 0.25) is 0 Å². The number of halogens is 2. The molecule has 2 heterocycles. The van der Waals surface area contributed by atoms with Crippen molar-refractivity contribution in [3.05, 3.63) is 47.2 Å². The van der Waals surface area contributed by atoms with Crippen LogP contribution in [0.1, 0.15) is 0 Å². The normalized spacial score (nSPS) is 9.47. The van der Waals surface area contributed by atoms with Gasteiger partial charge in [0.25, 0.3) is 0 Å². The van der Waals surface area contributed by atoms with E-state index in [1.54, 1.807) is 0 Å². The molecule has 0 unspecified atom stereocenters. The predicted molar refractivity (Wildman–Crippen MR) is 63.6 cm³/mol. The highest BCUT2D eigenvalue weighted by atomic mass is 127. The van der Waals surface area contributed by atoms with Crippen LogP contribution in [-0.2, 0) is 11.3 Å². The van der Waals surface area contributed by atoms with E-state index in [0.717, 1.165) is 22.3 Å². The van der Waals surface area contributed by atoms with Crippen molar-refractivity contribution in [3.63, 3.8) is 0 Å². The molecule has 88 valence electrons. The lowest BCUT2D eigenvalue weighted by Gasteiger charge is -2.00. The van der Waals surface area contributed by atoms with E-state index in [1.165, 1.54) is 0 Å². The zero-order valence-corrected chi connectivity index (χ0v) is 12.6. The quantitative estimate of drug-likeness (QED) is 0.284. The summed E-state index contributed by atoms with van der Waals surface area (Å²) in [6.07, 6.45) is 2.74. The monoisotopic (exact) mass is 404 g/mol. The molecule has 2 rings (SSSR count). The summed E-state index contributed by atoms with van der Waals surface area (Å²) >= 11 is 3.33. The summed E-state index contributed by atoms with van der Waals surface area (Å²) in [6.45, 7) is 0.338. The molecule has 0 amide bonds. The molecule has 0 atom stereocenters. The van der Waals surface area contributed by atoms with Gasteiger partial charge < -0.3 is 24.0 Å². The maximum absolute atomic E-state index is 10.6. The van der Waals surface area contributed by atoms with Crippen LogP contribution in [0.4, 0.5) is 0 Å². The van der Waals surface area contributed by atoms with Crippen LogP contribution in [0.25, 0.3) is 11.4 Å². The lowest BCUT2D eigenvalue weighted by atomic mass is 10.2. The smallest absolute Gasteiger partial charge is 0.231 e. The number of pyridine rings is 2. The molecule has 0 spiro atoms. The maximum Gasteiger partial charge on any atom is 0.231 e. The predicted octanol–water partition coefficient (Wildman–Crippen LogP) is -0.999.